The number of likely N-dealkylation sites (tertiary alicyclic amines) is 1. The van der Waals surface area contributed by atoms with Gasteiger partial charge in [-0.05, 0) is 63.7 Å². The molecule has 1 aliphatic heterocycles. The van der Waals surface area contributed by atoms with Gasteiger partial charge in [-0.2, -0.15) is 0 Å². The SMILES string of the molecule is CN1CCCCC1(CCCc1cccnc1)C(=O)O.Cl.Cl. The summed E-state index contributed by atoms with van der Waals surface area (Å²) in [4.78, 5) is 17.8. The minimum absolute atomic E-state index is 0. The Morgan fingerprint density at radius 1 is 1.43 bits per heavy atom. The number of aryl methyl sites for hydroxylation is 1. The topological polar surface area (TPSA) is 53.4 Å². The van der Waals surface area contributed by atoms with E-state index in [-0.39, 0.29) is 24.8 Å². The molecule has 2 rings (SSSR count). The Kier molecular flexibility index (Phi) is 8.86. The van der Waals surface area contributed by atoms with Gasteiger partial charge in [0.1, 0.15) is 5.54 Å². The number of aromatic nitrogens is 1. The zero-order valence-electron chi connectivity index (χ0n) is 12.3. The lowest BCUT2D eigenvalue weighted by atomic mass is 9.82. The van der Waals surface area contributed by atoms with Crippen LogP contribution in [0, 0.1) is 0 Å². The van der Waals surface area contributed by atoms with Gasteiger partial charge < -0.3 is 5.11 Å². The molecule has 1 unspecified atom stereocenters. The van der Waals surface area contributed by atoms with Gasteiger partial charge in [0, 0.05) is 12.4 Å². The van der Waals surface area contributed by atoms with Gasteiger partial charge in [-0.3, -0.25) is 14.7 Å². The third kappa shape index (κ3) is 4.83. The molecule has 1 aromatic rings. The maximum Gasteiger partial charge on any atom is 0.324 e. The van der Waals surface area contributed by atoms with Crippen LogP contribution in [0.4, 0.5) is 0 Å². The lowest BCUT2D eigenvalue weighted by Crippen LogP contribution is -2.55. The monoisotopic (exact) mass is 334 g/mol. The Balaban J connectivity index is 0.00000200. The highest BCUT2D eigenvalue weighted by atomic mass is 35.5. The van der Waals surface area contributed by atoms with Crippen LogP contribution in [0.2, 0.25) is 0 Å². The molecule has 1 aliphatic rings. The average molecular weight is 335 g/mol. The normalized spacial score (nSPS) is 22.0. The summed E-state index contributed by atoms with van der Waals surface area (Å²) < 4.78 is 0. The van der Waals surface area contributed by atoms with E-state index in [4.69, 9.17) is 0 Å². The second-order valence-electron chi connectivity index (χ2n) is 5.43. The molecule has 2 heterocycles. The van der Waals surface area contributed by atoms with Crippen molar-refractivity contribution in [2.75, 3.05) is 13.6 Å². The number of carboxylic acid groups (broad SMARTS) is 1. The number of nitrogens with zero attached hydrogens (tertiary/aromatic N) is 2. The third-order valence-corrected chi connectivity index (χ3v) is 4.24. The molecule has 1 atom stereocenters. The number of halogens is 2. The van der Waals surface area contributed by atoms with Crippen molar-refractivity contribution in [2.24, 2.45) is 0 Å². The van der Waals surface area contributed by atoms with Crippen molar-refractivity contribution in [2.45, 2.75) is 44.1 Å². The van der Waals surface area contributed by atoms with Crippen LogP contribution in [0.3, 0.4) is 0 Å². The van der Waals surface area contributed by atoms with Crippen LogP contribution >= 0.6 is 24.8 Å². The maximum atomic E-state index is 11.7. The summed E-state index contributed by atoms with van der Waals surface area (Å²) in [6, 6.07) is 3.97. The standard InChI is InChI=1S/C15H22N2O2.2ClH/c1-17-11-3-2-8-15(17,14(18)19)9-4-6-13-7-5-10-16-12-13;;/h5,7,10,12H,2-4,6,8-9,11H2,1H3,(H,18,19);2*1H. The molecular weight excluding hydrogens is 311 g/mol. The molecule has 1 saturated heterocycles. The van der Waals surface area contributed by atoms with Gasteiger partial charge in [-0.15, -0.1) is 24.8 Å². The van der Waals surface area contributed by atoms with E-state index in [0.717, 1.165) is 38.6 Å². The number of rotatable bonds is 5. The molecule has 21 heavy (non-hydrogen) atoms. The van der Waals surface area contributed by atoms with E-state index in [0.29, 0.717) is 6.42 Å². The summed E-state index contributed by atoms with van der Waals surface area (Å²) >= 11 is 0. The van der Waals surface area contributed by atoms with Crippen LogP contribution in [0.15, 0.2) is 24.5 Å². The lowest BCUT2D eigenvalue weighted by molar-refractivity contribution is -0.153. The van der Waals surface area contributed by atoms with Crippen molar-refractivity contribution >= 4 is 30.8 Å². The molecule has 0 bridgehead atoms. The highest BCUT2D eigenvalue weighted by Gasteiger charge is 2.43. The molecular formula is C15H24Cl2N2O2. The second-order valence-corrected chi connectivity index (χ2v) is 5.43. The molecule has 1 aromatic heterocycles. The zero-order chi connectivity index (χ0) is 13.7. The van der Waals surface area contributed by atoms with E-state index < -0.39 is 11.5 Å². The van der Waals surface area contributed by atoms with Gasteiger partial charge in [0.15, 0.2) is 0 Å². The molecule has 0 aliphatic carbocycles. The quantitative estimate of drug-likeness (QED) is 0.898. The number of hydrogen-bond acceptors (Lipinski definition) is 3. The number of carbonyl (C=O) groups is 1. The number of aliphatic carboxylic acids is 1. The minimum atomic E-state index is -0.666. The Morgan fingerprint density at radius 3 is 2.76 bits per heavy atom. The smallest absolute Gasteiger partial charge is 0.324 e. The molecule has 0 aromatic carbocycles. The van der Waals surface area contributed by atoms with E-state index in [9.17, 15) is 9.90 Å². The molecule has 120 valence electrons. The number of likely N-dealkylation sites (N-methyl/N-ethyl adjacent to an activating group) is 1. The second kappa shape index (κ2) is 9.23. The fourth-order valence-electron chi connectivity index (χ4n) is 3.00. The van der Waals surface area contributed by atoms with Crippen molar-refractivity contribution in [1.29, 1.82) is 0 Å². The first-order chi connectivity index (χ1) is 9.15. The molecule has 0 spiro atoms. The highest BCUT2D eigenvalue weighted by molar-refractivity contribution is 5.85. The van der Waals surface area contributed by atoms with Crippen molar-refractivity contribution in [1.82, 2.24) is 9.88 Å². The summed E-state index contributed by atoms with van der Waals surface area (Å²) in [6.45, 7) is 0.888. The molecule has 0 amide bonds. The molecule has 4 nitrogen and oxygen atoms in total. The fraction of sp³-hybridized carbons (Fsp3) is 0.600. The summed E-state index contributed by atoms with van der Waals surface area (Å²) in [7, 11) is 1.94. The van der Waals surface area contributed by atoms with Gasteiger partial charge in [-0.25, -0.2) is 0 Å². The van der Waals surface area contributed by atoms with Crippen LogP contribution < -0.4 is 0 Å². The lowest BCUT2D eigenvalue weighted by Gasteiger charge is -2.42. The van der Waals surface area contributed by atoms with E-state index in [2.05, 4.69) is 4.98 Å². The zero-order valence-corrected chi connectivity index (χ0v) is 14.0. The van der Waals surface area contributed by atoms with E-state index in [1.165, 1.54) is 5.56 Å². The van der Waals surface area contributed by atoms with Crippen LogP contribution in [0.1, 0.15) is 37.7 Å². The van der Waals surface area contributed by atoms with Gasteiger partial charge >= 0.3 is 5.97 Å². The van der Waals surface area contributed by atoms with Gasteiger partial charge in [-0.1, -0.05) is 6.07 Å². The first-order valence-electron chi connectivity index (χ1n) is 6.99. The number of piperidine rings is 1. The number of carboxylic acids is 1. The minimum Gasteiger partial charge on any atom is -0.480 e. The molecule has 0 radical (unpaired) electrons. The third-order valence-electron chi connectivity index (χ3n) is 4.24. The summed E-state index contributed by atoms with van der Waals surface area (Å²) in [5, 5.41) is 9.60. The Labute approximate surface area is 138 Å². The predicted octanol–water partition coefficient (Wildman–Crippen LogP) is 3.19. The van der Waals surface area contributed by atoms with Crippen LogP contribution in [-0.2, 0) is 11.2 Å². The Hall–Kier alpha value is -0.840. The van der Waals surface area contributed by atoms with Crippen molar-refractivity contribution in [3.8, 4) is 0 Å². The van der Waals surface area contributed by atoms with E-state index in [1.807, 2.05) is 30.3 Å². The van der Waals surface area contributed by atoms with Gasteiger partial charge in [0.2, 0.25) is 0 Å². The van der Waals surface area contributed by atoms with Crippen molar-refractivity contribution < 1.29 is 9.90 Å². The van der Waals surface area contributed by atoms with Crippen molar-refractivity contribution in [3.05, 3.63) is 30.1 Å². The van der Waals surface area contributed by atoms with E-state index >= 15 is 0 Å². The Morgan fingerprint density at radius 2 is 2.19 bits per heavy atom. The van der Waals surface area contributed by atoms with E-state index in [1.54, 1.807) is 6.20 Å². The summed E-state index contributed by atoms with van der Waals surface area (Å²) in [6.07, 6.45) is 9.02. The molecule has 0 saturated carbocycles. The van der Waals surface area contributed by atoms with Crippen LogP contribution in [0.25, 0.3) is 0 Å². The fourth-order valence-corrected chi connectivity index (χ4v) is 3.00. The molecule has 6 heteroatoms. The van der Waals surface area contributed by atoms with Gasteiger partial charge in [0.05, 0.1) is 0 Å². The Bertz CT molecular complexity index is 431. The first kappa shape index (κ1) is 20.2. The summed E-state index contributed by atoms with van der Waals surface area (Å²) in [5.41, 5.74) is 0.530. The molecule has 1 fully saturated rings. The predicted molar refractivity (Wildman–Crippen MR) is 88.5 cm³/mol. The van der Waals surface area contributed by atoms with Crippen LogP contribution in [-0.4, -0.2) is 40.1 Å². The highest BCUT2D eigenvalue weighted by Crippen LogP contribution is 2.32. The molecule has 1 N–H and O–H groups in total. The maximum absolute atomic E-state index is 11.7. The van der Waals surface area contributed by atoms with Gasteiger partial charge in [0.25, 0.3) is 0 Å². The van der Waals surface area contributed by atoms with Crippen molar-refractivity contribution in [3.63, 3.8) is 0 Å². The average Bonchev–Trinajstić information content (AvgIpc) is 2.42. The first-order valence-corrected chi connectivity index (χ1v) is 6.99. The number of pyridine rings is 1. The number of hydrogen-bond donors (Lipinski definition) is 1. The van der Waals surface area contributed by atoms with Crippen LogP contribution in [0.5, 0.6) is 0 Å². The summed E-state index contributed by atoms with van der Waals surface area (Å²) in [5.74, 6) is -0.666. The largest absolute Gasteiger partial charge is 0.480 e.